The largest absolute Gasteiger partial charge is 0.276 e. The number of aromatic nitrogens is 4. The molecular formula is C18H14N6O. The van der Waals surface area contributed by atoms with E-state index < -0.39 is 0 Å². The van der Waals surface area contributed by atoms with Crippen molar-refractivity contribution in [3.05, 3.63) is 82.8 Å². The SMILES string of the molecule is Cc1cc(=O)n2c(N=Nc3ccccc3)nn(-c3ccccc3)c2n1. The van der Waals surface area contributed by atoms with Crippen LogP contribution in [0.2, 0.25) is 0 Å². The number of fused-ring (bicyclic) bond motifs is 1. The molecule has 0 amide bonds. The molecular weight excluding hydrogens is 316 g/mol. The van der Waals surface area contributed by atoms with E-state index in [0.717, 1.165) is 5.69 Å². The van der Waals surface area contributed by atoms with E-state index in [9.17, 15) is 4.79 Å². The maximum Gasteiger partial charge on any atom is 0.276 e. The van der Waals surface area contributed by atoms with Gasteiger partial charge in [0.15, 0.2) is 0 Å². The quantitative estimate of drug-likeness (QED) is 0.538. The van der Waals surface area contributed by atoms with Crippen molar-refractivity contribution >= 4 is 17.4 Å². The minimum atomic E-state index is -0.244. The second-order valence-corrected chi connectivity index (χ2v) is 5.45. The number of aryl methyl sites for hydroxylation is 1. The van der Waals surface area contributed by atoms with Gasteiger partial charge in [-0.1, -0.05) is 36.4 Å². The molecule has 0 N–H and O–H groups in total. The molecule has 0 fully saturated rings. The van der Waals surface area contributed by atoms with Crippen molar-refractivity contribution in [2.24, 2.45) is 10.2 Å². The molecule has 4 rings (SSSR count). The lowest BCUT2D eigenvalue weighted by Crippen LogP contribution is -2.14. The zero-order valence-electron chi connectivity index (χ0n) is 13.4. The summed E-state index contributed by atoms with van der Waals surface area (Å²) in [6.07, 6.45) is 0. The molecule has 7 heteroatoms. The number of hydrogen-bond acceptors (Lipinski definition) is 5. The molecule has 0 aliphatic carbocycles. The Morgan fingerprint density at radius 1 is 0.920 bits per heavy atom. The average Bonchev–Trinajstić information content (AvgIpc) is 3.00. The van der Waals surface area contributed by atoms with Gasteiger partial charge in [0.25, 0.3) is 11.5 Å². The molecule has 0 bridgehead atoms. The van der Waals surface area contributed by atoms with Crippen molar-refractivity contribution in [2.45, 2.75) is 6.92 Å². The molecule has 122 valence electrons. The summed E-state index contributed by atoms with van der Waals surface area (Å²) in [5.41, 5.74) is 1.84. The normalized spacial score (nSPS) is 11.4. The first-order valence-electron chi connectivity index (χ1n) is 7.74. The summed E-state index contributed by atoms with van der Waals surface area (Å²) in [6.45, 7) is 1.77. The lowest BCUT2D eigenvalue weighted by Gasteiger charge is -2.01. The Morgan fingerprint density at radius 3 is 2.32 bits per heavy atom. The van der Waals surface area contributed by atoms with Crippen molar-refractivity contribution in [1.82, 2.24) is 19.2 Å². The third-order valence-corrected chi connectivity index (χ3v) is 3.62. The van der Waals surface area contributed by atoms with Gasteiger partial charge < -0.3 is 0 Å². The van der Waals surface area contributed by atoms with E-state index in [-0.39, 0.29) is 11.5 Å². The molecule has 7 nitrogen and oxygen atoms in total. The summed E-state index contributed by atoms with van der Waals surface area (Å²) < 4.78 is 2.94. The van der Waals surface area contributed by atoms with Crippen molar-refractivity contribution in [3.63, 3.8) is 0 Å². The van der Waals surface area contributed by atoms with Gasteiger partial charge in [0, 0.05) is 11.8 Å². The zero-order chi connectivity index (χ0) is 17.2. The Kier molecular flexibility index (Phi) is 3.66. The first-order chi connectivity index (χ1) is 12.2. The van der Waals surface area contributed by atoms with Gasteiger partial charge in [-0.3, -0.25) is 4.79 Å². The van der Waals surface area contributed by atoms with E-state index in [1.165, 1.54) is 10.5 Å². The number of para-hydroxylation sites is 1. The summed E-state index contributed by atoms with van der Waals surface area (Å²) in [4.78, 5) is 16.9. The predicted molar refractivity (Wildman–Crippen MR) is 93.9 cm³/mol. The Morgan fingerprint density at radius 2 is 1.60 bits per heavy atom. The van der Waals surface area contributed by atoms with E-state index in [1.807, 2.05) is 60.7 Å². The van der Waals surface area contributed by atoms with Crippen LogP contribution in [0.3, 0.4) is 0 Å². The van der Waals surface area contributed by atoms with E-state index in [4.69, 9.17) is 0 Å². The fourth-order valence-electron chi connectivity index (χ4n) is 2.50. The molecule has 0 aliphatic heterocycles. The molecule has 25 heavy (non-hydrogen) atoms. The fraction of sp³-hybridized carbons (Fsp3) is 0.0556. The fourth-order valence-corrected chi connectivity index (χ4v) is 2.50. The van der Waals surface area contributed by atoms with Crippen LogP contribution in [0.4, 0.5) is 11.6 Å². The second-order valence-electron chi connectivity index (χ2n) is 5.45. The molecule has 0 saturated heterocycles. The van der Waals surface area contributed by atoms with Crippen molar-refractivity contribution < 1.29 is 0 Å². The number of nitrogens with zero attached hydrogens (tertiary/aromatic N) is 6. The highest BCUT2D eigenvalue weighted by atomic mass is 16.1. The maximum absolute atomic E-state index is 12.4. The van der Waals surface area contributed by atoms with Crippen LogP contribution in [0.5, 0.6) is 0 Å². The van der Waals surface area contributed by atoms with Gasteiger partial charge in [-0.25, -0.2) is 9.38 Å². The molecule has 0 spiro atoms. The molecule has 0 saturated carbocycles. The van der Waals surface area contributed by atoms with Gasteiger partial charge in [0.05, 0.1) is 11.4 Å². The topological polar surface area (TPSA) is 76.9 Å². The zero-order valence-corrected chi connectivity index (χ0v) is 13.4. The summed E-state index contributed by atoms with van der Waals surface area (Å²) in [7, 11) is 0. The Balaban J connectivity index is 1.93. The minimum absolute atomic E-state index is 0.181. The maximum atomic E-state index is 12.4. The van der Waals surface area contributed by atoms with Crippen molar-refractivity contribution in [1.29, 1.82) is 0 Å². The van der Waals surface area contributed by atoms with Gasteiger partial charge >= 0.3 is 0 Å². The monoisotopic (exact) mass is 330 g/mol. The Bertz CT molecular complexity index is 1110. The highest BCUT2D eigenvalue weighted by Crippen LogP contribution is 2.19. The number of rotatable bonds is 3. The summed E-state index contributed by atoms with van der Waals surface area (Å²) >= 11 is 0. The predicted octanol–water partition coefficient (Wildman–Crippen LogP) is 3.60. The molecule has 0 atom stereocenters. The van der Waals surface area contributed by atoms with Crippen LogP contribution in [0.25, 0.3) is 11.5 Å². The first kappa shape index (κ1) is 14.9. The standard InChI is InChI=1S/C18H14N6O/c1-13-12-16(25)23-17(21-20-14-8-4-2-5-9-14)22-24(18(23)19-13)15-10-6-3-7-11-15/h2-12H,1H3. The average molecular weight is 330 g/mol. The van der Waals surface area contributed by atoms with Crippen LogP contribution in [-0.2, 0) is 0 Å². The smallest absolute Gasteiger partial charge is 0.269 e. The van der Waals surface area contributed by atoms with E-state index >= 15 is 0 Å². The lowest BCUT2D eigenvalue weighted by atomic mass is 10.3. The van der Waals surface area contributed by atoms with Crippen molar-refractivity contribution in [3.8, 4) is 5.69 Å². The minimum Gasteiger partial charge on any atom is -0.269 e. The van der Waals surface area contributed by atoms with Gasteiger partial charge in [0.2, 0.25) is 5.78 Å². The Hall–Kier alpha value is -3.61. The molecule has 2 aromatic heterocycles. The molecule has 0 aliphatic rings. The number of benzene rings is 2. The van der Waals surface area contributed by atoms with Gasteiger partial charge in [-0.2, -0.15) is 4.68 Å². The summed E-state index contributed by atoms with van der Waals surface area (Å²) in [5, 5.41) is 12.7. The van der Waals surface area contributed by atoms with Crippen LogP contribution in [0.15, 0.2) is 81.8 Å². The van der Waals surface area contributed by atoms with E-state index in [2.05, 4.69) is 20.3 Å². The van der Waals surface area contributed by atoms with E-state index in [0.29, 0.717) is 17.2 Å². The molecule has 2 aromatic carbocycles. The van der Waals surface area contributed by atoms with Gasteiger partial charge in [-0.15, -0.1) is 15.3 Å². The lowest BCUT2D eigenvalue weighted by molar-refractivity contribution is 0.887. The molecule has 0 radical (unpaired) electrons. The van der Waals surface area contributed by atoms with E-state index in [1.54, 1.807) is 11.6 Å². The molecule has 4 aromatic rings. The van der Waals surface area contributed by atoms with Gasteiger partial charge in [0.1, 0.15) is 0 Å². The molecule has 2 heterocycles. The Labute approximate surface area is 142 Å². The second kappa shape index (κ2) is 6.12. The molecule has 0 unspecified atom stereocenters. The van der Waals surface area contributed by atoms with Crippen LogP contribution in [-0.4, -0.2) is 19.2 Å². The van der Waals surface area contributed by atoms with Crippen molar-refractivity contribution in [2.75, 3.05) is 0 Å². The summed E-state index contributed by atoms with van der Waals surface area (Å²) in [5.74, 6) is 0.582. The third-order valence-electron chi connectivity index (χ3n) is 3.62. The first-order valence-corrected chi connectivity index (χ1v) is 7.74. The van der Waals surface area contributed by atoms with Crippen LogP contribution in [0, 0.1) is 6.92 Å². The number of azo groups is 1. The van der Waals surface area contributed by atoms with Crippen LogP contribution in [0.1, 0.15) is 5.69 Å². The van der Waals surface area contributed by atoms with Crippen LogP contribution >= 0.6 is 0 Å². The number of hydrogen-bond donors (Lipinski definition) is 0. The summed E-state index contributed by atoms with van der Waals surface area (Å²) in [6, 6.07) is 20.2. The highest BCUT2D eigenvalue weighted by Gasteiger charge is 2.15. The van der Waals surface area contributed by atoms with Crippen LogP contribution < -0.4 is 5.56 Å². The highest BCUT2D eigenvalue weighted by molar-refractivity contribution is 5.46. The van der Waals surface area contributed by atoms with Gasteiger partial charge in [-0.05, 0) is 31.2 Å². The third kappa shape index (κ3) is 2.83.